The number of carbonyl (C=O) groups excluding carboxylic acids is 1. The Balaban J connectivity index is 1.68. The number of halogens is 1. The zero-order valence-corrected chi connectivity index (χ0v) is 15.9. The van der Waals surface area contributed by atoms with E-state index in [9.17, 15) is 17.6 Å². The lowest BCUT2D eigenvalue weighted by Gasteiger charge is -2.34. The van der Waals surface area contributed by atoms with Gasteiger partial charge in [0.25, 0.3) is 5.91 Å². The van der Waals surface area contributed by atoms with Crippen molar-refractivity contribution in [2.24, 2.45) is 0 Å². The number of hydrogen-bond acceptors (Lipinski definition) is 4. The molecule has 8 heteroatoms. The molecule has 0 fully saturated rings. The van der Waals surface area contributed by atoms with Gasteiger partial charge in [-0.2, -0.15) is 0 Å². The minimum Gasteiger partial charge on any atom is -0.476 e. The van der Waals surface area contributed by atoms with E-state index in [1.165, 1.54) is 16.4 Å². The van der Waals surface area contributed by atoms with Crippen molar-refractivity contribution >= 4 is 21.6 Å². The Morgan fingerprint density at radius 3 is 2.63 bits per heavy atom. The highest BCUT2D eigenvalue weighted by Gasteiger charge is 2.34. The average Bonchev–Trinajstić information content (AvgIpc) is 2.61. The topological polar surface area (TPSA) is 75.7 Å². The summed E-state index contributed by atoms with van der Waals surface area (Å²) in [5, 5.41) is 2.75. The molecule has 1 heterocycles. The Kier molecular flexibility index (Phi) is 5.36. The van der Waals surface area contributed by atoms with Gasteiger partial charge in [0.1, 0.15) is 11.6 Å². The monoisotopic (exact) mass is 392 g/mol. The molecule has 0 spiro atoms. The quantitative estimate of drug-likeness (QED) is 0.845. The van der Waals surface area contributed by atoms with Crippen molar-refractivity contribution in [2.75, 3.05) is 23.7 Å². The van der Waals surface area contributed by atoms with Gasteiger partial charge in [0, 0.05) is 6.54 Å². The van der Waals surface area contributed by atoms with Crippen LogP contribution in [0.2, 0.25) is 0 Å². The molecule has 2 aromatic rings. The Morgan fingerprint density at radius 2 is 1.96 bits per heavy atom. The molecule has 0 aromatic heterocycles. The zero-order valence-electron chi connectivity index (χ0n) is 15.1. The molecule has 6 nitrogen and oxygen atoms in total. The second-order valence-corrected chi connectivity index (χ2v) is 8.45. The summed E-state index contributed by atoms with van der Waals surface area (Å²) in [6, 6.07) is 11.2. The van der Waals surface area contributed by atoms with Crippen molar-refractivity contribution in [2.45, 2.75) is 19.4 Å². The lowest BCUT2D eigenvalue weighted by molar-refractivity contribution is -0.127. The SMILES string of the molecule is Cc1ccc2c(c1)N(S(C)(=O)=O)C[C@H](C(=O)NCCc1ccc(F)cc1)O2. The molecule has 0 radical (unpaired) electrons. The van der Waals surface area contributed by atoms with E-state index in [1.807, 2.05) is 6.92 Å². The Labute approximate surface area is 158 Å². The first-order valence-corrected chi connectivity index (χ1v) is 10.4. The van der Waals surface area contributed by atoms with Crippen LogP contribution in [-0.2, 0) is 21.2 Å². The van der Waals surface area contributed by atoms with Gasteiger partial charge in [-0.05, 0) is 48.7 Å². The minimum atomic E-state index is -3.55. The number of ether oxygens (including phenoxy) is 1. The smallest absolute Gasteiger partial charge is 0.263 e. The molecule has 1 amide bonds. The van der Waals surface area contributed by atoms with E-state index in [1.54, 1.807) is 30.3 Å². The maximum atomic E-state index is 12.9. The third-order valence-electron chi connectivity index (χ3n) is 4.30. The van der Waals surface area contributed by atoms with Crippen LogP contribution in [0.1, 0.15) is 11.1 Å². The Bertz CT molecular complexity index is 945. The molecule has 0 saturated carbocycles. The lowest BCUT2D eigenvalue weighted by Crippen LogP contribution is -2.50. The molecular weight excluding hydrogens is 371 g/mol. The van der Waals surface area contributed by atoms with Crippen LogP contribution in [0.5, 0.6) is 5.75 Å². The van der Waals surface area contributed by atoms with Crippen LogP contribution in [-0.4, -0.2) is 39.8 Å². The number of anilines is 1. The summed E-state index contributed by atoms with van der Waals surface area (Å²) in [7, 11) is -3.55. The van der Waals surface area contributed by atoms with Crippen molar-refractivity contribution in [3.63, 3.8) is 0 Å². The molecule has 0 unspecified atom stereocenters. The first-order chi connectivity index (χ1) is 12.7. The minimum absolute atomic E-state index is 0.0856. The molecule has 0 bridgehead atoms. The largest absolute Gasteiger partial charge is 0.476 e. The fourth-order valence-electron chi connectivity index (χ4n) is 2.91. The van der Waals surface area contributed by atoms with E-state index in [2.05, 4.69) is 5.32 Å². The van der Waals surface area contributed by atoms with Gasteiger partial charge in [-0.1, -0.05) is 18.2 Å². The number of sulfonamides is 1. The number of nitrogens with zero attached hydrogens (tertiary/aromatic N) is 1. The van der Waals surface area contributed by atoms with E-state index < -0.39 is 22.0 Å². The zero-order chi connectivity index (χ0) is 19.6. The number of hydrogen-bond donors (Lipinski definition) is 1. The van der Waals surface area contributed by atoms with E-state index in [0.717, 1.165) is 17.4 Å². The fraction of sp³-hybridized carbons (Fsp3) is 0.316. The lowest BCUT2D eigenvalue weighted by atomic mass is 10.1. The van der Waals surface area contributed by atoms with Gasteiger partial charge in [0.05, 0.1) is 18.5 Å². The van der Waals surface area contributed by atoms with Crippen LogP contribution >= 0.6 is 0 Å². The second kappa shape index (κ2) is 7.56. The number of aryl methyl sites for hydroxylation is 1. The molecular formula is C19H21FN2O4S. The van der Waals surface area contributed by atoms with Gasteiger partial charge >= 0.3 is 0 Å². The highest BCUT2D eigenvalue weighted by molar-refractivity contribution is 7.92. The molecule has 1 N–H and O–H groups in total. The van der Waals surface area contributed by atoms with Crippen molar-refractivity contribution < 1.29 is 22.3 Å². The molecule has 0 aliphatic carbocycles. The number of amides is 1. The van der Waals surface area contributed by atoms with Crippen molar-refractivity contribution in [3.8, 4) is 5.75 Å². The van der Waals surface area contributed by atoms with Crippen LogP contribution < -0.4 is 14.4 Å². The Hall–Kier alpha value is -2.61. The van der Waals surface area contributed by atoms with Crippen LogP contribution in [0.15, 0.2) is 42.5 Å². The summed E-state index contributed by atoms with van der Waals surface area (Å²) in [5.41, 5.74) is 2.22. The summed E-state index contributed by atoms with van der Waals surface area (Å²) >= 11 is 0. The highest BCUT2D eigenvalue weighted by atomic mass is 32.2. The summed E-state index contributed by atoms with van der Waals surface area (Å²) < 4.78 is 44.2. The number of benzene rings is 2. The first-order valence-electron chi connectivity index (χ1n) is 8.51. The number of rotatable bonds is 5. The summed E-state index contributed by atoms with van der Waals surface area (Å²) in [6.07, 6.45) is 0.696. The standard InChI is InChI=1S/C19H21FN2O4S/c1-13-3-8-17-16(11-13)22(27(2,24)25)12-18(26-17)19(23)21-10-9-14-4-6-15(20)7-5-14/h3-8,11,18H,9-10,12H2,1-2H3,(H,21,23)/t18-/m1/s1. The number of fused-ring (bicyclic) bond motifs is 1. The van der Waals surface area contributed by atoms with E-state index in [4.69, 9.17) is 4.74 Å². The van der Waals surface area contributed by atoms with Crippen molar-refractivity contribution in [3.05, 3.63) is 59.4 Å². The Morgan fingerprint density at radius 1 is 1.26 bits per heavy atom. The third kappa shape index (κ3) is 4.57. The predicted molar refractivity (Wildman–Crippen MR) is 101 cm³/mol. The second-order valence-electron chi connectivity index (χ2n) is 6.54. The number of carbonyl (C=O) groups is 1. The van der Waals surface area contributed by atoms with Gasteiger partial charge < -0.3 is 10.1 Å². The van der Waals surface area contributed by atoms with E-state index in [0.29, 0.717) is 24.4 Å². The van der Waals surface area contributed by atoms with Gasteiger partial charge in [0.2, 0.25) is 10.0 Å². The molecule has 1 aliphatic heterocycles. The molecule has 144 valence electrons. The third-order valence-corrected chi connectivity index (χ3v) is 5.45. The maximum Gasteiger partial charge on any atom is 0.263 e. The molecule has 3 rings (SSSR count). The highest BCUT2D eigenvalue weighted by Crippen LogP contribution is 2.35. The van der Waals surface area contributed by atoms with Gasteiger partial charge in [-0.3, -0.25) is 9.10 Å². The number of nitrogens with one attached hydrogen (secondary N) is 1. The van der Waals surface area contributed by atoms with Crippen LogP contribution in [0.4, 0.5) is 10.1 Å². The van der Waals surface area contributed by atoms with Crippen molar-refractivity contribution in [1.82, 2.24) is 5.32 Å². The van der Waals surface area contributed by atoms with Crippen LogP contribution in [0.3, 0.4) is 0 Å². The molecule has 2 aromatic carbocycles. The first kappa shape index (κ1) is 19.2. The van der Waals surface area contributed by atoms with Crippen LogP contribution in [0.25, 0.3) is 0 Å². The fourth-order valence-corrected chi connectivity index (χ4v) is 3.81. The molecule has 1 aliphatic rings. The van der Waals surface area contributed by atoms with Gasteiger partial charge in [-0.25, -0.2) is 12.8 Å². The van der Waals surface area contributed by atoms with E-state index >= 15 is 0 Å². The van der Waals surface area contributed by atoms with Gasteiger partial charge in [-0.15, -0.1) is 0 Å². The maximum absolute atomic E-state index is 12.9. The van der Waals surface area contributed by atoms with Crippen molar-refractivity contribution in [1.29, 1.82) is 0 Å². The summed E-state index contributed by atoms with van der Waals surface area (Å²) in [5.74, 6) is -0.346. The summed E-state index contributed by atoms with van der Waals surface area (Å²) in [4.78, 5) is 12.5. The van der Waals surface area contributed by atoms with E-state index in [-0.39, 0.29) is 12.4 Å². The van der Waals surface area contributed by atoms with Crippen LogP contribution in [0, 0.1) is 12.7 Å². The van der Waals surface area contributed by atoms with Gasteiger partial charge in [0.15, 0.2) is 6.10 Å². The summed E-state index contributed by atoms with van der Waals surface area (Å²) in [6.45, 7) is 2.11. The predicted octanol–water partition coefficient (Wildman–Crippen LogP) is 2.02. The molecule has 0 saturated heterocycles. The normalized spacial score (nSPS) is 16.4. The molecule has 27 heavy (non-hydrogen) atoms. The molecule has 1 atom stereocenters. The average molecular weight is 392 g/mol.